The van der Waals surface area contributed by atoms with Crippen LogP contribution in [0.15, 0.2) is 11.6 Å². The zero-order valence-corrected chi connectivity index (χ0v) is 12.2. The minimum Gasteiger partial charge on any atom is -0.480 e. The molecule has 4 heteroatoms. The highest BCUT2D eigenvalue weighted by Crippen LogP contribution is 2.34. The van der Waals surface area contributed by atoms with Gasteiger partial charge in [0.25, 0.3) is 0 Å². The molecule has 0 bridgehead atoms. The summed E-state index contributed by atoms with van der Waals surface area (Å²) in [6, 6.07) is 0. The van der Waals surface area contributed by atoms with Gasteiger partial charge in [0.1, 0.15) is 5.54 Å². The summed E-state index contributed by atoms with van der Waals surface area (Å²) < 4.78 is 0. The van der Waals surface area contributed by atoms with Gasteiger partial charge in [-0.1, -0.05) is 26.3 Å². The molecule has 1 rings (SSSR count). The number of carboxylic acid groups (broad SMARTS) is 1. The topological polar surface area (TPSA) is 66.4 Å². The fourth-order valence-electron chi connectivity index (χ4n) is 2.69. The van der Waals surface area contributed by atoms with Crippen LogP contribution in [0.3, 0.4) is 0 Å². The summed E-state index contributed by atoms with van der Waals surface area (Å²) in [5.41, 5.74) is -0.466. The van der Waals surface area contributed by atoms with E-state index in [0.717, 1.165) is 25.7 Å². The van der Waals surface area contributed by atoms with Crippen LogP contribution in [0, 0.1) is 5.92 Å². The standard InChI is InChI=1S/C15H25NO3/c1-4-6-11(3)13(17)16-15(14(18)19)9-7-12(5-2)8-10-15/h6,12H,4-5,7-10H2,1-3H3,(H,16,17)(H,18,19)/b11-6+. The maximum atomic E-state index is 12.0. The number of carboxylic acids is 1. The highest BCUT2D eigenvalue weighted by molar-refractivity contribution is 5.96. The van der Waals surface area contributed by atoms with Crippen LogP contribution >= 0.6 is 0 Å². The van der Waals surface area contributed by atoms with Crippen molar-refractivity contribution in [2.45, 2.75) is 64.8 Å². The van der Waals surface area contributed by atoms with E-state index in [0.29, 0.717) is 24.3 Å². The number of hydrogen-bond acceptors (Lipinski definition) is 2. The molecular formula is C15H25NO3. The van der Waals surface area contributed by atoms with Crippen molar-refractivity contribution in [3.8, 4) is 0 Å². The third kappa shape index (κ3) is 3.82. The quantitative estimate of drug-likeness (QED) is 0.753. The number of aliphatic carboxylic acids is 1. The number of allylic oxidation sites excluding steroid dienone is 1. The highest BCUT2D eigenvalue weighted by atomic mass is 16.4. The number of rotatable bonds is 5. The SMILES string of the molecule is CC/C=C(\C)C(=O)NC1(C(=O)O)CCC(CC)CC1. The van der Waals surface area contributed by atoms with Crippen LogP contribution in [0.5, 0.6) is 0 Å². The summed E-state index contributed by atoms with van der Waals surface area (Å²) >= 11 is 0. The van der Waals surface area contributed by atoms with E-state index in [1.54, 1.807) is 6.92 Å². The third-order valence-electron chi connectivity index (χ3n) is 4.17. The number of nitrogens with one attached hydrogen (secondary N) is 1. The lowest BCUT2D eigenvalue weighted by molar-refractivity contribution is -0.149. The average molecular weight is 267 g/mol. The summed E-state index contributed by atoms with van der Waals surface area (Å²) in [5.74, 6) is -0.560. The molecule has 108 valence electrons. The molecule has 1 saturated carbocycles. The van der Waals surface area contributed by atoms with E-state index in [9.17, 15) is 14.7 Å². The van der Waals surface area contributed by atoms with Crippen LogP contribution in [-0.4, -0.2) is 22.5 Å². The van der Waals surface area contributed by atoms with Gasteiger partial charge in [-0.25, -0.2) is 4.79 Å². The molecule has 1 amide bonds. The Bertz CT molecular complexity index is 366. The third-order valence-corrected chi connectivity index (χ3v) is 4.17. The fraction of sp³-hybridized carbons (Fsp3) is 0.733. The fourth-order valence-corrected chi connectivity index (χ4v) is 2.69. The summed E-state index contributed by atoms with van der Waals surface area (Å²) in [6.07, 6.45) is 6.50. The normalized spacial score (nSPS) is 27.9. The van der Waals surface area contributed by atoms with Crippen molar-refractivity contribution in [2.75, 3.05) is 0 Å². The second-order valence-corrected chi connectivity index (χ2v) is 5.49. The predicted molar refractivity (Wildman–Crippen MR) is 74.8 cm³/mol. The van der Waals surface area contributed by atoms with Gasteiger partial charge in [-0.2, -0.15) is 0 Å². The van der Waals surface area contributed by atoms with Crippen LogP contribution in [0.1, 0.15) is 59.3 Å². The van der Waals surface area contributed by atoms with Crippen molar-refractivity contribution in [1.82, 2.24) is 5.32 Å². The van der Waals surface area contributed by atoms with Crippen LogP contribution in [0.4, 0.5) is 0 Å². The van der Waals surface area contributed by atoms with E-state index < -0.39 is 11.5 Å². The molecule has 2 N–H and O–H groups in total. The minimum absolute atomic E-state index is 0.251. The summed E-state index contributed by atoms with van der Waals surface area (Å²) in [6.45, 7) is 5.81. The van der Waals surface area contributed by atoms with Crippen molar-refractivity contribution in [1.29, 1.82) is 0 Å². The van der Waals surface area contributed by atoms with Crippen LogP contribution in [0.2, 0.25) is 0 Å². The van der Waals surface area contributed by atoms with Crippen LogP contribution in [-0.2, 0) is 9.59 Å². The molecule has 19 heavy (non-hydrogen) atoms. The molecule has 4 nitrogen and oxygen atoms in total. The first-order valence-corrected chi connectivity index (χ1v) is 7.17. The Balaban J connectivity index is 2.77. The second-order valence-electron chi connectivity index (χ2n) is 5.49. The van der Waals surface area contributed by atoms with Gasteiger partial charge in [0, 0.05) is 5.57 Å². The molecule has 1 aliphatic carbocycles. The van der Waals surface area contributed by atoms with Crippen LogP contribution in [0.25, 0.3) is 0 Å². The first-order valence-electron chi connectivity index (χ1n) is 7.17. The van der Waals surface area contributed by atoms with E-state index in [1.807, 2.05) is 13.0 Å². The molecule has 0 aliphatic heterocycles. The summed E-state index contributed by atoms with van der Waals surface area (Å²) in [5, 5.41) is 12.2. The minimum atomic E-state index is -1.06. The molecule has 0 aromatic rings. The van der Waals surface area contributed by atoms with Crippen molar-refractivity contribution >= 4 is 11.9 Å². The molecule has 1 aliphatic rings. The van der Waals surface area contributed by atoms with Gasteiger partial charge in [-0.15, -0.1) is 0 Å². The van der Waals surface area contributed by atoms with Gasteiger partial charge in [-0.05, 0) is 44.9 Å². The Morgan fingerprint density at radius 3 is 2.32 bits per heavy atom. The molecule has 0 saturated heterocycles. The smallest absolute Gasteiger partial charge is 0.329 e. The van der Waals surface area contributed by atoms with Gasteiger partial charge < -0.3 is 10.4 Å². The van der Waals surface area contributed by atoms with Crippen molar-refractivity contribution in [3.05, 3.63) is 11.6 Å². The lowest BCUT2D eigenvalue weighted by Gasteiger charge is -2.37. The van der Waals surface area contributed by atoms with E-state index in [-0.39, 0.29) is 5.91 Å². The number of hydrogen-bond donors (Lipinski definition) is 2. The Hall–Kier alpha value is -1.32. The molecule has 0 unspecified atom stereocenters. The highest BCUT2D eigenvalue weighted by Gasteiger charge is 2.42. The van der Waals surface area contributed by atoms with Gasteiger partial charge in [0.15, 0.2) is 0 Å². The number of carbonyl (C=O) groups excluding carboxylic acids is 1. The molecular weight excluding hydrogens is 242 g/mol. The first kappa shape index (κ1) is 15.7. The zero-order valence-electron chi connectivity index (χ0n) is 12.2. The molecule has 0 aromatic heterocycles. The van der Waals surface area contributed by atoms with Gasteiger partial charge in [0.2, 0.25) is 5.91 Å². The Morgan fingerprint density at radius 1 is 1.32 bits per heavy atom. The van der Waals surface area contributed by atoms with E-state index in [2.05, 4.69) is 12.2 Å². The molecule has 0 radical (unpaired) electrons. The second kappa shape index (κ2) is 6.73. The Labute approximate surface area is 115 Å². The maximum absolute atomic E-state index is 12.0. The molecule has 0 aromatic carbocycles. The van der Waals surface area contributed by atoms with Crippen LogP contribution < -0.4 is 5.32 Å². The molecule has 0 heterocycles. The van der Waals surface area contributed by atoms with Crippen molar-refractivity contribution in [3.63, 3.8) is 0 Å². The average Bonchev–Trinajstić information content (AvgIpc) is 2.39. The van der Waals surface area contributed by atoms with Gasteiger partial charge in [0.05, 0.1) is 0 Å². The van der Waals surface area contributed by atoms with E-state index in [1.165, 1.54) is 0 Å². The number of amides is 1. The summed E-state index contributed by atoms with van der Waals surface area (Å²) in [7, 11) is 0. The maximum Gasteiger partial charge on any atom is 0.329 e. The first-order chi connectivity index (χ1) is 8.95. The van der Waals surface area contributed by atoms with Gasteiger partial charge in [-0.3, -0.25) is 4.79 Å². The van der Waals surface area contributed by atoms with Crippen molar-refractivity contribution < 1.29 is 14.7 Å². The lowest BCUT2D eigenvalue weighted by atomic mass is 9.75. The molecule has 0 atom stereocenters. The largest absolute Gasteiger partial charge is 0.480 e. The van der Waals surface area contributed by atoms with Crippen molar-refractivity contribution in [2.24, 2.45) is 5.92 Å². The predicted octanol–water partition coefficient (Wildman–Crippen LogP) is 2.88. The Kier molecular flexibility index (Phi) is 5.58. The van der Waals surface area contributed by atoms with E-state index in [4.69, 9.17) is 0 Å². The lowest BCUT2D eigenvalue weighted by Crippen LogP contribution is -2.56. The summed E-state index contributed by atoms with van der Waals surface area (Å²) in [4.78, 5) is 23.6. The monoisotopic (exact) mass is 267 g/mol. The molecule has 0 spiro atoms. The Morgan fingerprint density at radius 2 is 1.89 bits per heavy atom. The zero-order chi connectivity index (χ0) is 14.5. The van der Waals surface area contributed by atoms with Gasteiger partial charge >= 0.3 is 5.97 Å². The molecule has 1 fully saturated rings. The van der Waals surface area contributed by atoms with E-state index >= 15 is 0 Å². The number of carbonyl (C=O) groups is 2.